The van der Waals surface area contributed by atoms with Crippen LogP contribution in [0.1, 0.15) is 49.2 Å². The molecule has 2 N–H and O–H groups in total. The van der Waals surface area contributed by atoms with Gasteiger partial charge in [0.1, 0.15) is 6.10 Å². The minimum Gasteiger partial charge on any atom is -0.370 e. The lowest BCUT2D eigenvalue weighted by molar-refractivity contribution is -0.120. The molecule has 7 nitrogen and oxygen atoms in total. The zero-order valence-corrected chi connectivity index (χ0v) is 20.7. The highest BCUT2D eigenvalue weighted by Gasteiger charge is 2.30. The van der Waals surface area contributed by atoms with Gasteiger partial charge in [0.15, 0.2) is 0 Å². The van der Waals surface area contributed by atoms with Crippen LogP contribution in [-0.2, 0) is 9.63 Å². The van der Waals surface area contributed by atoms with E-state index in [9.17, 15) is 9.59 Å². The maximum atomic E-state index is 12.8. The Morgan fingerprint density at radius 3 is 2.55 bits per heavy atom. The molecule has 2 saturated heterocycles. The average molecular weight is 491 g/mol. The number of hydrogen-bond acceptors (Lipinski definition) is 6. The zero-order valence-electron chi connectivity index (χ0n) is 19.1. The fraction of sp³-hybridized carbons (Fsp3) is 0.500. The number of benzene rings is 1. The summed E-state index contributed by atoms with van der Waals surface area (Å²) in [6.45, 7) is 7.19. The highest BCUT2D eigenvalue weighted by Crippen LogP contribution is 2.35. The van der Waals surface area contributed by atoms with E-state index in [4.69, 9.17) is 16.4 Å². The minimum absolute atomic E-state index is 0.00608. The van der Waals surface area contributed by atoms with Crippen LogP contribution in [0.4, 0.5) is 17.1 Å². The van der Waals surface area contributed by atoms with Crippen LogP contribution in [0.2, 0.25) is 4.34 Å². The summed E-state index contributed by atoms with van der Waals surface area (Å²) in [5, 5.41) is 7.87. The number of carbonyl (C=O) groups is 2. The highest BCUT2D eigenvalue weighted by atomic mass is 35.5. The Kier molecular flexibility index (Phi) is 7.78. The molecule has 0 spiro atoms. The van der Waals surface area contributed by atoms with Crippen molar-refractivity contribution in [3.05, 3.63) is 39.5 Å². The van der Waals surface area contributed by atoms with E-state index in [0.717, 1.165) is 43.0 Å². The number of nitrogens with one attached hydrogen (secondary N) is 2. The van der Waals surface area contributed by atoms with Gasteiger partial charge in [-0.2, -0.15) is 0 Å². The highest BCUT2D eigenvalue weighted by molar-refractivity contribution is 7.18. The van der Waals surface area contributed by atoms with Gasteiger partial charge in [-0.25, -0.2) is 0 Å². The van der Waals surface area contributed by atoms with Gasteiger partial charge < -0.3 is 15.5 Å². The number of thiophene rings is 1. The van der Waals surface area contributed by atoms with Crippen LogP contribution in [0.25, 0.3) is 0 Å². The van der Waals surface area contributed by atoms with Crippen molar-refractivity contribution < 1.29 is 14.4 Å². The summed E-state index contributed by atoms with van der Waals surface area (Å²) in [5.41, 5.74) is 2.79. The normalized spacial score (nSPS) is 17.9. The van der Waals surface area contributed by atoms with Crippen LogP contribution in [0, 0.1) is 5.92 Å². The van der Waals surface area contributed by atoms with Crippen molar-refractivity contribution in [1.82, 2.24) is 5.32 Å². The van der Waals surface area contributed by atoms with Crippen molar-refractivity contribution in [1.29, 1.82) is 0 Å². The molecule has 3 heterocycles. The number of carbonyl (C=O) groups excluding carboxylic acids is 2. The van der Waals surface area contributed by atoms with Crippen molar-refractivity contribution in [2.75, 3.05) is 41.5 Å². The molecule has 178 valence electrons. The molecule has 4 rings (SSSR count). The Labute approximate surface area is 204 Å². The number of hydrogen-bond donors (Lipinski definition) is 2. The van der Waals surface area contributed by atoms with Crippen LogP contribution in [-0.4, -0.2) is 44.1 Å². The molecule has 1 aromatic carbocycles. The van der Waals surface area contributed by atoms with Crippen molar-refractivity contribution in [3.8, 4) is 0 Å². The largest absolute Gasteiger partial charge is 0.370 e. The maximum Gasteiger partial charge on any atom is 0.261 e. The lowest BCUT2D eigenvalue weighted by Crippen LogP contribution is -2.53. The Hall–Kier alpha value is -2.29. The van der Waals surface area contributed by atoms with Gasteiger partial charge in [0, 0.05) is 25.6 Å². The van der Waals surface area contributed by atoms with Crippen LogP contribution in [0.15, 0.2) is 30.3 Å². The first-order valence-electron chi connectivity index (χ1n) is 11.7. The Bertz CT molecular complexity index is 982. The Morgan fingerprint density at radius 2 is 1.91 bits per heavy atom. The molecule has 0 radical (unpaired) electrons. The number of nitrogens with zero attached hydrogens (tertiary/aromatic N) is 2. The second kappa shape index (κ2) is 10.8. The van der Waals surface area contributed by atoms with Gasteiger partial charge >= 0.3 is 0 Å². The molecule has 2 amide bonds. The summed E-state index contributed by atoms with van der Waals surface area (Å²) in [5.74, 6) is -0.0710. The Morgan fingerprint density at radius 1 is 1.18 bits per heavy atom. The fourth-order valence-electron chi connectivity index (χ4n) is 4.26. The van der Waals surface area contributed by atoms with E-state index < -0.39 is 0 Å². The van der Waals surface area contributed by atoms with Crippen molar-refractivity contribution >= 4 is 51.8 Å². The SMILES string of the molecule is CCC(CC)C(=O)Nc1cc(N2CC(CNC(=O)c3ccc(Cl)s3)O2)ccc1N1CCCC1. The van der Waals surface area contributed by atoms with E-state index in [0.29, 0.717) is 22.3 Å². The third-order valence-corrected chi connectivity index (χ3v) is 7.49. The van der Waals surface area contributed by atoms with Gasteiger partial charge in [0.25, 0.3) is 5.91 Å². The molecule has 0 aliphatic carbocycles. The van der Waals surface area contributed by atoms with Gasteiger partial charge in [-0.15, -0.1) is 11.3 Å². The molecule has 2 aliphatic rings. The molecule has 2 aliphatic heterocycles. The van der Waals surface area contributed by atoms with Crippen LogP contribution in [0.3, 0.4) is 0 Å². The van der Waals surface area contributed by atoms with Gasteiger partial charge in [-0.05, 0) is 56.0 Å². The molecule has 1 aromatic heterocycles. The summed E-state index contributed by atoms with van der Waals surface area (Å²) in [7, 11) is 0. The molecular formula is C24H31ClN4O3S. The molecule has 2 fully saturated rings. The first-order valence-corrected chi connectivity index (χ1v) is 12.9. The van der Waals surface area contributed by atoms with E-state index >= 15 is 0 Å². The zero-order chi connectivity index (χ0) is 23.4. The first-order chi connectivity index (χ1) is 16.0. The number of amides is 2. The minimum atomic E-state index is -0.143. The van der Waals surface area contributed by atoms with Gasteiger partial charge in [-0.3, -0.25) is 19.5 Å². The third kappa shape index (κ3) is 5.62. The fourth-order valence-corrected chi connectivity index (χ4v) is 5.22. The van der Waals surface area contributed by atoms with Crippen molar-refractivity contribution in [2.24, 2.45) is 5.92 Å². The van der Waals surface area contributed by atoms with E-state index in [1.165, 1.54) is 24.2 Å². The molecular weight excluding hydrogens is 460 g/mol. The molecule has 1 atom stereocenters. The van der Waals surface area contributed by atoms with Crippen molar-refractivity contribution in [2.45, 2.75) is 45.6 Å². The van der Waals surface area contributed by atoms with Crippen LogP contribution >= 0.6 is 22.9 Å². The van der Waals surface area contributed by atoms with Crippen molar-refractivity contribution in [3.63, 3.8) is 0 Å². The van der Waals surface area contributed by atoms with Gasteiger partial charge in [0.05, 0.1) is 32.8 Å². The average Bonchev–Trinajstić information content (AvgIpc) is 3.45. The van der Waals surface area contributed by atoms with Crippen LogP contribution < -0.4 is 20.6 Å². The number of halogens is 1. The monoisotopic (exact) mass is 490 g/mol. The number of anilines is 3. The quantitative estimate of drug-likeness (QED) is 0.521. The smallest absolute Gasteiger partial charge is 0.261 e. The number of rotatable bonds is 9. The summed E-state index contributed by atoms with van der Waals surface area (Å²) >= 11 is 7.16. The summed E-state index contributed by atoms with van der Waals surface area (Å²) < 4.78 is 0.593. The second-order valence-corrected chi connectivity index (χ2v) is 10.2. The molecule has 33 heavy (non-hydrogen) atoms. The summed E-state index contributed by atoms with van der Waals surface area (Å²) in [4.78, 5) is 33.8. The summed E-state index contributed by atoms with van der Waals surface area (Å²) in [6, 6.07) is 9.53. The number of hydroxylamine groups is 1. The first kappa shape index (κ1) is 23.9. The van der Waals surface area contributed by atoms with Gasteiger partial charge in [0.2, 0.25) is 5.91 Å². The topological polar surface area (TPSA) is 73.9 Å². The lowest BCUT2D eigenvalue weighted by Gasteiger charge is -2.40. The predicted octanol–water partition coefficient (Wildman–Crippen LogP) is 4.93. The van der Waals surface area contributed by atoms with E-state index in [1.807, 2.05) is 26.0 Å². The molecule has 0 saturated carbocycles. The Balaban J connectivity index is 1.38. The standard InChI is InChI=1S/C24H31ClN4O3S/c1-3-16(4-2)23(30)27-19-13-17(7-8-20(19)28-11-5-6-12-28)29-15-18(32-29)14-26-24(31)21-9-10-22(25)33-21/h7-10,13,16,18H,3-6,11-12,14-15H2,1-2H3,(H,26,31)(H,27,30). The van der Waals surface area contributed by atoms with E-state index in [1.54, 1.807) is 17.2 Å². The van der Waals surface area contributed by atoms with E-state index in [2.05, 4.69) is 21.6 Å². The van der Waals surface area contributed by atoms with Gasteiger partial charge in [-0.1, -0.05) is 25.4 Å². The lowest BCUT2D eigenvalue weighted by atomic mass is 10.0. The predicted molar refractivity (Wildman–Crippen MR) is 134 cm³/mol. The van der Waals surface area contributed by atoms with E-state index in [-0.39, 0.29) is 23.8 Å². The third-order valence-electron chi connectivity index (χ3n) is 6.26. The second-order valence-electron chi connectivity index (χ2n) is 8.50. The molecule has 0 bridgehead atoms. The maximum absolute atomic E-state index is 12.8. The molecule has 9 heteroatoms. The molecule has 1 unspecified atom stereocenters. The summed E-state index contributed by atoms with van der Waals surface area (Å²) in [6.07, 6.45) is 3.89. The van der Waals surface area contributed by atoms with Crippen LogP contribution in [0.5, 0.6) is 0 Å². The molecule has 2 aromatic rings.